The van der Waals surface area contributed by atoms with Gasteiger partial charge in [0.15, 0.2) is 11.6 Å². The van der Waals surface area contributed by atoms with Crippen LogP contribution in [0.4, 0.5) is 4.39 Å². The fourth-order valence-electron chi connectivity index (χ4n) is 2.14. The lowest BCUT2D eigenvalue weighted by Crippen LogP contribution is -2.05. The monoisotopic (exact) mass is 343 g/mol. The molecule has 0 unspecified atom stereocenters. The number of nitrogens with zero attached hydrogens (tertiary/aromatic N) is 2. The predicted octanol–water partition coefficient (Wildman–Crippen LogP) is 3.59. The number of hydrogen-bond donors (Lipinski definition) is 1. The second-order valence-electron chi connectivity index (χ2n) is 4.89. The van der Waals surface area contributed by atoms with E-state index in [1.54, 1.807) is 0 Å². The van der Waals surface area contributed by atoms with Crippen molar-refractivity contribution in [2.75, 3.05) is 12.9 Å². The van der Waals surface area contributed by atoms with Gasteiger partial charge in [-0.2, -0.15) is 0 Å². The Morgan fingerprint density at radius 3 is 2.79 bits per heavy atom. The zero-order chi connectivity index (χ0) is 16.9. The molecule has 0 saturated heterocycles. The van der Waals surface area contributed by atoms with Gasteiger partial charge >= 0.3 is 0 Å². The molecule has 3 rings (SSSR count). The van der Waals surface area contributed by atoms with E-state index in [9.17, 15) is 9.18 Å². The highest BCUT2D eigenvalue weighted by molar-refractivity contribution is 7.99. The van der Waals surface area contributed by atoms with E-state index in [-0.39, 0.29) is 17.1 Å². The van der Waals surface area contributed by atoms with Gasteiger partial charge in [-0.3, -0.25) is 9.89 Å². The Balaban J connectivity index is 1.69. The number of hydrogen-bond acceptors (Lipinski definition) is 5. The molecule has 7 heteroatoms. The Hall–Kier alpha value is -2.67. The molecule has 0 amide bonds. The first-order valence-electron chi connectivity index (χ1n) is 7.14. The largest absolute Gasteiger partial charge is 0.496 e. The highest BCUT2D eigenvalue weighted by Gasteiger charge is 2.15. The van der Waals surface area contributed by atoms with Crippen LogP contribution in [0.5, 0.6) is 5.75 Å². The predicted molar refractivity (Wildman–Crippen MR) is 89.8 cm³/mol. The lowest BCUT2D eigenvalue weighted by atomic mass is 10.1. The molecule has 3 aromatic rings. The highest BCUT2D eigenvalue weighted by Crippen LogP contribution is 2.24. The smallest absolute Gasteiger partial charge is 0.209 e. The van der Waals surface area contributed by atoms with Gasteiger partial charge in [0.05, 0.1) is 18.4 Å². The van der Waals surface area contributed by atoms with Crippen LogP contribution in [0, 0.1) is 5.82 Å². The molecule has 1 N–H and O–H groups in total. The summed E-state index contributed by atoms with van der Waals surface area (Å²) in [5, 5.41) is 7.38. The number of thioether (sulfide) groups is 1. The van der Waals surface area contributed by atoms with Gasteiger partial charge in [0.25, 0.3) is 0 Å². The number of aromatic nitrogens is 3. The average molecular weight is 343 g/mol. The Kier molecular flexibility index (Phi) is 4.90. The Morgan fingerprint density at radius 2 is 2.04 bits per heavy atom. The van der Waals surface area contributed by atoms with Gasteiger partial charge < -0.3 is 4.74 Å². The molecule has 0 fully saturated rings. The lowest BCUT2D eigenvalue weighted by Gasteiger charge is -2.06. The third-order valence-electron chi connectivity index (χ3n) is 3.31. The molecule has 1 heterocycles. The number of aromatic amines is 1. The van der Waals surface area contributed by atoms with Crippen molar-refractivity contribution in [3.05, 3.63) is 59.9 Å². The van der Waals surface area contributed by atoms with Crippen molar-refractivity contribution in [1.82, 2.24) is 15.2 Å². The number of nitrogens with one attached hydrogen (secondary N) is 1. The van der Waals surface area contributed by atoms with Crippen molar-refractivity contribution < 1.29 is 13.9 Å². The standard InChI is InChI=1S/C17H14FN3O2S/c1-23-15-8-7-12(18)9-13(15)14(22)10-24-17-19-16(20-21-17)11-5-3-2-4-6-11/h2-9H,10H2,1H3,(H,19,20,21). The summed E-state index contributed by atoms with van der Waals surface area (Å²) in [6.45, 7) is 0. The van der Waals surface area contributed by atoms with Crippen molar-refractivity contribution in [2.24, 2.45) is 0 Å². The van der Waals surface area contributed by atoms with Crippen LogP contribution in [-0.2, 0) is 0 Å². The molecular weight excluding hydrogens is 329 g/mol. The summed E-state index contributed by atoms with van der Waals surface area (Å²) in [5.41, 5.74) is 1.12. The normalized spacial score (nSPS) is 10.6. The average Bonchev–Trinajstić information content (AvgIpc) is 3.09. The fraction of sp³-hybridized carbons (Fsp3) is 0.118. The van der Waals surface area contributed by atoms with E-state index in [0.29, 0.717) is 16.7 Å². The summed E-state index contributed by atoms with van der Waals surface area (Å²) in [6.07, 6.45) is 0. The Labute approximate surface area is 142 Å². The first-order chi connectivity index (χ1) is 11.7. The molecule has 24 heavy (non-hydrogen) atoms. The van der Waals surface area contributed by atoms with Gasteiger partial charge in [0.2, 0.25) is 5.16 Å². The summed E-state index contributed by atoms with van der Waals surface area (Å²) in [5.74, 6) is 0.345. The molecule has 0 saturated carbocycles. The minimum atomic E-state index is -0.478. The van der Waals surface area contributed by atoms with Crippen LogP contribution >= 0.6 is 11.8 Å². The SMILES string of the molecule is COc1ccc(F)cc1C(=O)CSc1n[nH]c(-c2ccccc2)n1. The van der Waals surface area contributed by atoms with E-state index in [0.717, 1.165) is 5.56 Å². The van der Waals surface area contributed by atoms with Crippen LogP contribution in [0.1, 0.15) is 10.4 Å². The number of benzene rings is 2. The third kappa shape index (κ3) is 3.62. The quantitative estimate of drug-likeness (QED) is 0.547. The summed E-state index contributed by atoms with van der Waals surface area (Å²) in [4.78, 5) is 16.6. The Morgan fingerprint density at radius 1 is 1.25 bits per heavy atom. The van der Waals surface area contributed by atoms with Crippen LogP contribution in [0.15, 0.2) is 53.7 Å². The number of methoxy groups -OCH3 is 1. The third-order valence-corrected chi connectivity index (χ3v) is 4.15. The van der Waals surface area contributed by atoms with Crippen LogP contribution in [0.3, 0.4) is 0 Å². The second kappa shape index (κ2) is 7.27. The van der Waals surface area contributed by atoms with Crippen molar-refractivity contribution in [3.8, 4) is 17.1 Å². The minimum Gasteiger partial charge on any atom is -0.496 e. The van der Waals surface area contributed by atoms with E-state index in [4.69, 9.17) is 4.74 Å². The number of halogens is 1. The van der Waals surface area contributed by atoms with E-state index < -0.39 is 5.82 Å². The van der Waals surface area contributed by atoms with Gasteiger partial charge in [0.1, 0.15) is 11.6 Å². The molecular formula is C17H14FN3O2S. The maximum Gasteiger partial charge on any atom is 0.209 e. The van der Waals surface area contributed by atoms with Gasteiger partial charge in [-0.1, -0.05) is 42.1 Å². The molecule has 0 aliphatic carbocycles. The molecule has 0 aliphatic heterocycles. The number of carbonyl (C=O) groups is 1. The van der Waals surface area contributed by atoms with Crippen molar-refractivity contribution in [2.45, 2.75) is 5.16 Å². The van der Waals surface area contributed by atoms with Crippen molar-refractivity contribution in [1.29, 1.82) is 0 Å². The molecule has 0 aliphatic rings. The van der Waals surface area contributed by atoms with E-state index >= 15 is 0 Å². The summed E-state index contributed by atoms with van der Waals surface area (Å²) in [7, 11) is 1.44. The first-order valence-corrected chi connectivity index (χ1v) is 8.13. The zero-order valence-corrected chi connectivity index (χ0v) is 13.6. The van der Waals surface area contributed by atoms with E-state index in [1.807, 2.05) is 30.3 Å². The fourth-order valence-corrected chi connectivity index (χ4v) is 2.82. The molecule has 5 nitrogen and oxygen atoms in total. The van der Waals surface area contributed by atoms with Gasteiger partial charge in [-0.25, -0.2) is 9.37 Å². The molecule has 0 spiro atoms. The maximum absolute atomic E-state index is 13.4. The minimum absolute atomic E-state index is 0.0892. The summed E-state index contributed by atoms with van der Waals surface area (Å²) in [6, 6.07) is 13.4. The van der Waals surface area contributed by atoms with Gasteiger partial charge in [-0.05, 0) is 18.2 Å². The number of Topliss-reactive ketones (excluding diaryl/α,β-unsaturated/α-hetero) is 1. The second-order valence-corrected chi connectivity index (χ2v) is 5.83. The van der Waals surface area contributed by atoms with Crippen LogP contribution in [0.25, 0.3) is 11.4 Å². The molecule has 2 aromatic carbocycles. The van der Waals surface area contributed by atoms with Crippen LogP contribution < -0.4 is 4.74 Å². The molecule has 0 radical (unpaired) electrons. The van der Waals surface area contributed by atoms with Crippen molar-refractivity contribution >= 4 is 17.5 Å². The maximum atomic E-state index is 13.4. The van der Waals surface area contributed by atoms with Crippen LogP contribution in [0.2, 0.25) is 0 Å². The highest BCUT2D eigenvalue weighted by atomic mass is 32.2. The molecule has 1 aromatic heterocycles. The molecule has 122 valence electrons. The number of H-pyrrole nitrogens is 1. The van der Waals surface area contributed by atoms with Crippen molar-refractivity contribution in [3.63, 3.8) is 0 Å². The van der Waals surface area contributed by atoms with Crippen LogP contribution in [-0.4, -0.2) is 33.8 Å². The summed E-state index contributed by atoms with van der Waals surface area (Å²) < 4.78 is 18.5. The van der Waals surface area contributed by atoms with Gasteiger partial charge in [-0.15, -0.1) is 5.10 Å². The Bertz CT molecular complexity index is 852. The molecule has 0 bridgehead atoms. The van der Waals surface area contributed by atoms with Gasteiger partial charge in [0, 0.05) is 5.56 Å². The number of ketones is 1. The lowest BCUT2D eigenvalue weighted by molar-refractivity contribution is 0.101. The number of ether oxygens (including phenoxy) is 1. The molecule has 0 atom stereocenters. The van der Waals surface area contributed by atoms with E-state index in [2.05, 4.69) is 15.2 Å². The number of rotatable bonds is 6. The number of carbonyl (C=O) groups excluding carboxylic acids is 1. The summed E-state index contributed by atoms with van der Waals surface area (Å²) >= 11 is 1.18. The topological polar surface area (TPSA) is 67.9 Å². The first kappa shape index (κ1) is 16.2. The zero-order valence-electron chi connectivity index (χ0n) is 12.8. The van der Waals surface area contributed by atoms with E-state index in [1.165, 1.54) is 37.1 Å².